The van der Waals surface area contributed by atoms with Gasteiger partial charge in [0.25, 0.3) is 0 Å². The Bertz CT molecular complexity index is 685. The Balaban J connectivity index is 1.49. The highest BCUT2D eigenvalue weighted by molar-refractivity contribution is 5.88. The number of rotatable bonds is 5. The Kier molecular flexibility index (Phi) is 5.79. The van der Waals surface area contributed by atoms with Crippen LogP contribution < -0.4 is 15.5 Å². The standard InChI is InChI=1S/C18H24N6O/c1-23-9-11-24(12-10-23)17-13-16(20-14-21-17)22-18(25)19-8-7-15-5-3-2-4-6-15/h2-6,13-14H,7-12H2,1H3,(H2,19,20,21,22,25). The van der Waals surface area contributed by atoms with Crippen LogP contribution in [0.2, 0.25) is 0 Å². The van der Waals surface area contributed by atoms with E-state index >= 15 is 0 Å². The largest absolute Gasteiger partial charge is 0.354 e. The normalized spacial score (nSPS) is 15.0. The molecule has 2 amide bonds. The van der Waals surface area contributed by atoms with Crippen molar-refractivity contribution in [2.24, 2.45) is 0 Å². The van der Waals surface area contributed by atoms with E-state index in [0.717, 1.165) is 38.4 Å². The van der Waals surface area contributed by atoms with Gasteiger partial charge in [-0.3, -0.25) is 5.32 Å². The lowest BCUT2D eigenvalue weighted by Crippen LogP contribution is -2.44. The predicted octanol–water partition coefficient (Wildman–Crippen LogP) is 1.59. The number of aromatic nitrogens is 2. The third kappa shape index (κ3) is 5.15. The minimum atomic E-state index is -0.251. The molecule has 0 spiro atoms. The van der Waals surface area contributed by atoms with Gasteiger partial charge in [0.2, 0.25) is 0 Å². The molecule has 0 saturated carbocycles. The SMILES string of the molecule is CN1CCN(c2cc(NC(=O)NCCc3ccccc3)ncn2)CC1. The lowest BCUT2D eigenvalue weighted by Gasteiger charge is -2.33. The molecule has 0 aliphatic carbocycles. The van der Waals surface area contributed by atoms with Gasteiger partial charge in [0.15, 0.2) is 0 Å². The van der Waals surface area contributed by atoms with E-state index in [-0.39, 0.29) is 6.03 Å². The molecule has 132 valence electrons. The van der Waals surface area contributed by atoms with Crippen LogP contribution >= 0.6 is 0 Å². The zero-order valence-electron chi connectivity index (χ0n) is 14.5. The van der Waals surface area contributed by atoms with Crippen LogP contribution in [0, 0.1) is 0 Å². The fourth-order valence-corrected chi connectivity index (χ4v) is 2.75. The molecule has 1 aromatic heterocycles. The van der Waals surface area contributed by atoms with Crippen LogP contribution in [-0.4, -0.2) is 60.7 Å². The van der Waals surface area contributed by atoms with Crippen molar-refractivity contribution < 1.29 is 4.79 Å². The van der Waals surface area contributed by atoms with Crippen molar-refractivity contribution >= 4 is 17.7 Å². The van der Waals surface area contributed by atoms with Crippen LogP contribution in [-0.2, 0) is 6.42 Å². The van der Waals surface area contributed by atoms with Gasteiger partial charge in [0, 0.05) is 38.8 Å². The van der Waals surface area contributed by atoms with E-state index in [1.165, 1.54) is 11.9 Å². The second-order valence-electron chi connectivity index (χ2n) is 6.17. The number of benzene rings is 1. The first-order valence-corrected chi connectivity index (χ1v) is 8.55. The Labute approximate surface area is 148 Å². The topological polar surface area (TPSA) is 73.4 Å². The lowest BCUT2D eigenvalue weighted by atomic mass is 10.1. The Morgan fingerprint density at radius 3 is 2.64 bits per heavy atom. The lowest BCUT2D eigenvalue weighted by molar-refractivity contribution is 0.252. The van der Waals surface area contributed by atoms with Crippen molar-refractivity contribution in [1.29, 1.82) is 0 Å². The number of nitrogens with one attached hydrogen (secondary N) is 2. The number of carbonyl (C=O) groups excluding carboxylic acids is 1. The summed E-state index contributed by atoms with van der Waals surface area (Å²) in [5, 5.41) is 5.63. The third-order valence-corrected chi connectivity index (χ3v) is 4.26. The molecule has 7 nitrogen and oxygen atoms in total. The maximum Gasteiger partial charge on any atom is 0.320 e. The van der Waals surface area contributed by atoms with E-state index in [1.807, 2.05) is 36.4 Å². The molecule has 1 fully saturated rings. The molecule has 25 heavy (non-hydrogen) atoms. The maximum absolute atomic E-state index is 12.0. The molecule has 1 aliphatic heterocycles. The summed E-state index contributed by atoms with van der Waals surface area (Å²) in [5.74, 6) is 1.36. The molecular formula is C18H24N6O. The molecule has 0 unspecified atom stereocenters. The van der Waals surface area contributed by atoms with E-state index in [4.69, 9.17) is 0 Å². The molecule has 2 N–H and O–H groups in total. The van der Waals surface area contributed by atoms with Crippen molar-refractivity contribution in [2.75, 3.05) is 50.0 Å². The van der Waals surface area contributed by atoms with Crippen molar-refractivity contribution in [1.82, 2.24) is 20.2 Å². The number of piperazine rings is 1. The van der Waals surface area contributed by atoms with Gasteiger partial charge in [-0.15, -0.1) is 0 Å². The van der Waals surface area contributed by atoms with Crippen LogP contribution in [0.5, 0.6) is 0 Å². The smallest absolute Gasteiger partial charge is 0.320 e. The first kappa shape index (κ1) is 17.2. The number of amides is 2. The van der Waals surface area contributed by atoms with Crippen LogP contribution in [0.3, 0.4) is 0 Å². The maximum atomic E-state index is 12.0. The Hall–Kier alpha value is -2.67. The highest BCUT2D eigenvalue weighted by Crippen LogP contribution is 2.15. The fraction of sp³-hybridized carbons (Fsp3) is 0.389. The fourth-order valence-electron chi connectivity index (χ4n) is 2.75. The van der Waals surface area contributed by atoms with E-state index in [9.17, 15) is 4.79 Å². The number of urea groups is 1. The summed E-state index contributed by atoms with van der Waals surface area (Å²) in [4.78, 5) is 25.0. The van der Waals surface area contributed by atoms with Gasteiger partial charge in [-0.25, -0.2) is 14.8 Å². The molecule has 0 bridgehead atoms. The quantitative estimate of drug-likeness (QED) is 0.865. The van der Waals surface area contributed by atoms with Crippen molar-refractivity contribution in [3.63, 3.8) is 0 Å². The number of carbonyl (C=O) groups is 1. The number of likely N-dealkylation sites (N-methyl/N-ethyl adjacent to an activating group) is 1. The first-order chi connectivity index (χ1) is 12.2. The van der Waals surface area contributed by atoms with Crippen molar-refractivity contribution in [3.05, 3.63) is 48.3 Å². The number of hydrogen-bond donors (Lipinski definition) is 2. The number of hydrogen-bond acceptors (Lipinski definition) is 5. The summed E-state index contributed by atoms with van der Waals surface area (Å²) in [6.45, 7) is 4.44. The molecule has 2 heterocycles. The van der Waals surface area contributed by atoms with Gasteiger partial charge >= 0.3 is 6.03 Å². The summed E-state index contributed by atoms with van der Waals surface area (Å²) in [5.41, 5.74) is 1.20. The highest BCUT2D eigenvalue weighted by atomic mass is 16.2. The minimum absolute atomic E-state index is 0.251. The zero-order chi connectivity index (χ0) is 17.5. The summed E-state index contributed by atoms with van der Waals surface area (Å²) in [7, 11) is 2.12. The van der Waals surface area contributed by atoms with E-state index < -0.39 is 0 Å². The molecule has 7 heteroatoms. The van der Waals surface area contributed by atoms with Crippen LogP contribution in [0.4, 0.5) is 16.4 Å². The molecule has 1 saturated heterocycles. The van der Waals surface area contributed by atoms with Gasteiger partial charge in [0.1, 0.15) is 18.0 Å². The Morgan fingerprint density at radius 1 is 1.12 bits per heavy atom. The van der Waals surface area contributed by atoms with E-state index in [2.05, 4.69) is 37.4 Å². The first-order valence-electron chi connectivity index (χ1n) is 8.55. The third-order valence-electron chi connectivity index (χ3n) is 4.26. The molecule has 2 aromatic rings. The van der Waals surface area contributed by atoms with Crippen LogP contribution in [0.15, 0.2) is 42.7 Å². The molecule has 3 rings (SSSR count). The molecule has 1 aliphatic rings. The Morgan fingerprint density at radius 2 is 1.88 bits per heavy atom. The van der Waals surface area contributed by atoms with Gasteiger partial charge in [-0.05, 0) is 19.0 Å². The van der Waals surface area contributed by atoms with Crippen molar-refractivity contribution in [3.8, 4) is 0 Å². The summed E-state index contributed by atoms with van der Waals surface area (Å²) >= 11 is 0. The molecule has 0 atom stereocenters. The van der Waals surface area contributed by atoms with Crippen LogP contribution in [0.25, 0.3) is 0 Å². The van der Waals surface area contributed by atoms with Crippen molar-refractivity contribution in [2.45, 2.75) is 6.42 Å². The summed E-state index contributed by atoms with van der Waals surface area (Å²) < 4.78 is 0. The average molecular weight is 340 g/mol. The summed E-state index contributed by atoms with van der Waals surface area (Å²) in [6, 6.07) is 11.6. The second-order valence-corrected chi connectivity index (χ2v) is 6.17. The van der Waals surface area contributed by atoms with E-state index in [1.54, 1.807) is 0 Å². The van der Waals surface area contributed by atoms with Gasteiger partial charge in [0.05, 0.1) is 0 Å². The van der Waals surface area contributed by atoms with Gasteiger partial charge in [-0.1, -0.05) is 30.3 Å². The monoisotopic (exact) mass is 340 g/mol. The average Bonchev–Trinajstić information content (AvgIpc) is 2.63. The highest BCUT2D eigenvalue weighted by Gasteiger charge is 2.16. The summed E-state index contributed by atoms with van der Waals surface area (Å²) in [6.07, 6.45) is 2.29. The number of nitrogens with zero attached hydrogens (tertiary/aromatic N) is 4. The minimum Gasteiger partial charge on any atom is -0.354 e. The van der Waals surface area contributed by atoms with Gasteiger partial charge in [-0.2, -0.15) is 0 Å². The van der Waals surface area contributed by atoms with Gasteiger partial charge < -0.3 is 15.1 Å². The predicted molar refractivity (Wildman–Crippen MR) is 98.9 cm³/mol. The zero-order valence-corrected chi connectivity index (χ0v) is 14.5. The molecule has 1 aromatic carbocycles. The molecular weight excluding hydrogens is 316 g/mol. The molecule has 0 radical (unpaired) electrons. The van der Waals surface area contributed by atoms with E-state index in [0.29, 0.717) is 12.4 Å². The second kappa shape index (κ2) is 8.43. The van der Waals surface area contributed by atoms with Crippen LogP contribution in [0.1, 0.15) is 5.56 Å². The number of anilines is 2.